The summed E-state index contributed by atoms with van der Waals surface area (Å²) in [5.41, 5.74) is 5.16. The van der Waals surface area contributed by atoms with E-state index in [0.717, 1.165) is 19.4 Å². The number of hydrogen-bond acceptors (Lipinski definition) is 3. The fraction of sp³-hybridized carbons (Fsp3) is 0.857. The number of nitrogens with zero attached hydrogens (tertiary/aromatic N) is 1. The molecular weight excluding hydrogens is 260 g/mol. The van der Waals surface area contributed by atoms with Gasteiger partial charge in [-0.05, 0) is 32.6 Å². The van der Waals surface area contributed by atoms with Gasteiger partial charge in [-0.15, -0.1) is 0 Å². The molecule has 0 aromatic rings. The van der Waals surface area contributed by atoms with Gasteiger partial charge in [0.05, 0.1) is 16.5 Å². The van der Waals surface area contributed by atoms with Crippen LogP contribution in [0.5, 0.6) is 0 Å². The minimum atomic E-state index is -0.691. The van der Waals surface area contributed by atoms with Gasteiger partial charge in [0.1, 0.15) is 0 Å². The molecule has 4 nitrogen and oxygen atoms in total. The van der Waals surface area contributed by atoms with Crippen molar-refractivity contribution in [2.24, 2.45) is 11.1 Å². The van der Waals surface area contributed by atoms with Gasteiger partial charge >= 0.3 is 0 Å². The van der Waals surface area contributed by atoms with Crippen molar-refractivity contribution in [2.75, 3.05) is 19.7 Å². The number of hydrogen-bond donors (Lipinski definition) is 1. The summed E-state index contributed by atoms with van der Waals surface area (Å²) in [5, 5.41) is 0. The second kappa shape index (κ2) is 7.20. The smallest absolute Gasteiger partial charge is 0.235 e. The number of carbonyl (C=O) groups excluding carboxylic acids is 1. The summed E-state index contributed by atoms with van der Waals surface area (Å²) in [6.07, 6.45) is 3.58. The van der Waals surface area contributed by atoms with Gasteiger partial charge in [0, 0.05) is 19.7 Å². The van der Waals surface area contributed by atoms with Gasteiger partial charge in [0.25, 0.3) is 0 Å². The first-order valence-corrected chi connectivity index (χ1v) is 7.63. The van der Waals surface area contributed by atoms with E-state index in [-0.39, 0.29) is 12.0 Å². The molecule has 1 unspecified atom stereocenters. The molecule has 0 aromatic carbocycles. The molecule has 0 aliphatic carbocycles. The standard InChI is InChI=1S/C14H26N2O2S/c1-4-14(5-2,12(15)19)13(17)16(6-3)10-11-8-7-9-18-11/h11H,4-10H2,1-3H3,(H2,15,19). The largest absolute Gasteiger partial charge is 0.392 e. The van der Waals surface area contributed by atoms with E-state index in [9.17, 15) is 4.79 Å². The molecule has 1 atom stereocenters. The second-order valence-electron chi connectivity index (χ2n) is 5.13. The van der Waals surface area contributed by atoms with Crippen LogP contribution in [0.15, 0.2) is 0 Å². The summed E-state index contributed by atoms with van der Waals surface area (Å²) in [4.78, 5) is 15.0. The number of rotatable bonds is 7. The first-order valence-electron chi connectivity index (χ1n) is 7.22. The maximum absolute atomic E-state index is 12.8. The van der Waals surface area contributed by atoms with Crippen molar-refractivity contribution in [1.29, 1.82) is 0 Å². The van der Waals surface area contributed by atoms with Crippen molar-refractivity contribution in [3.05, 3.63) is 0 Å². The van der Waals surface area contributed by atoms with E-state index in [0.29, 0.717) is 30.9 Å². The Morgan fingerprint density at radius 3 is 2.42 bits per heavy atom. The Kier molecular flexibility index (Phi) is 6.20. The Bertz CT molecular complexity index is 323. The molecule has 1 amide bonds. The molecule has 0 radical (unpaired) electrons. The highest BCUT2D eigenvalue weighted by Crippen LogP contribution is 2.30. The highest BCUT2D eigenvalue weighted by Gasteiger charge is 2.41. The van der Waals surface area contributed by atoms with E-state index in [1.165, 1.54) is 0 Å². The molecule has 0 bridgehead atoms. The minimum absolute atomic E-state index is 0.0583. The Labute approximate surface area is 121 Å². The summed E-state index contributed by atoms with van der Waals surface area (Å²) in [6.45, 7) is 8.06. The van der Waals surface area contributed by atoms with E-state index in [1.54, 1.807) is 0 Å². The average molecular weight is 286 g/mol. The van der Waals surface area contributed by atoms with Crippen molar-refractivity contribution in [3.63, 3.8) is 0 Å². The average Bonchev–Trinajstić information content (AvgIpc) is 2.90. The van der Waals surface area contributed by atoms with Crippen LogP contribution < -0.4 is 5.73 Å². The molecule has 0 saturated carbocycles. The molecule has 2 N–H and O–H groups in total. The van der Waals surface area contributed by atoms with Crippen LogP contribution in [0.25, 0.3) is 0 Å². The zero-order valence-corrected chi connectivity index (χ0v) is 13.1. The Balaban J connectivity index is 2.82. The molecule has 1 rings (SSSR count). The van der Waals surface area contributed by atoms with Crippen molar-refractivity contribution in [3.8, 4) is 0 Å². The molecule has 110 valence electrons. The summed E-state index contributed by atoms with van der Waals surface area (Å²) < 4.78 is 5.62. The predicted octanol–water partition coefficient (Wildman–Crippen LogP) is 2.11. The molecule has 19 heavy (non-hydrogen) atoms. The quantitative estimate of drug-likeness (QED) is 0.728. The molecule has 5 heteroatoms. The number of amides is 1. The molecule has 0 aromatic heterocycles. The lowest BCUT2D eigenvalue weighted by Crippen LogP contribution is -2.51. The van der Waals surface area contributed by atoms with Crippen LogP contribution in [-0.2, 0) is 9.53 Å². The van der Waals surface area contributed by atoms with E-state index in [4.69, 9.17) is 22.7 Å². The lowest BCUT2D eigenvalue weighted by molar-refractivity contribution is -0.140. The summed E-state index contributed by atoms with van der Waals surface area (Å²) in [7, 11) is 0. The second-order valence-corrected chi connectivity index (χ2v) is 5.57. The van der Waals surface area contributed by atoms with E-state index in [2.05, 4.69) is 0 Å². The molecular formula is C14H26N2O2S. The van der Waals surface area contributed by atoms with E-state index >= 15 is 0 Å². The van der Waals surface area contributed by atoms with E-state index < -0.39 is 5.41 Å². The van der Waals surface area contributed by atoms with Crippen LogP contribution in [-0.4, -0.2) is 41.6 Å². The molecule has 0 spiro atoms. The lowest BCUT2D eigenvalue weighted by Gasteiger charge is -2.35. The fourth-order valence-corrected chi connectivity index (χ4v) is 3.07. The Morgan fingerprint density at radius 1 is 1.42 bits per heavy atom. The lowest BCUT2D eigenvalue weighted by atomic mass is 9.80. The van der Waals surface area contributed by atoms with Crippen LogP contribution in [0.4, 0.5) is 0 Å². The number of thiocarbonyl (C=S) groups is 1. The van der Waals surface area contributed by atoms with Crippen molar-refractivity contribution in [1.82, 2.24) is 4.90 Å². The predicted molar refractivity (Wildman–Crippen MR) is 81.0 cm³/mol. The third kappa shape index (κ3) is 3.45. The third-order valence-corrected chi connectivity index (χ3v) is 4.60. The Hall–Kier alpha value is -0.680. The molecule has 1 fully saturated rings. The topological polar surface area (TPSA) is 55.6 Å². The normalized spacial score (nSPS) is 19.4. The molecule has 1 aliphatic rings. The van der Waals surface area contributed by atoms with Gasteiger partial charge < -0.3 is 15.4 Å². The SMILES string of the molecule is CCN(CC1CCCO1)C(=O)C(CC)(CC)C(N)=S. The van der Waals surface area contributed by atoms with Gasteiger partial charge in [-0.1, -0.05) is 26.1 Å². The first-order chi connectivity index (χ1) is 9.01. The molecule has 1 heterocycles. The first kappa shape index (κ1) is 16.4. The van der Waals surface area contributed by atoms with Crippen molar-refractivity contribution in [2.45, 2.75) is 52.6 Å². The molecule has 1 saturated heterocycles. The molecule has 1 aliphatic heterocycles. The van der Waals surface area contributed by atoms with Crippen LogP contribution in [0.3, 0.4) is 0 Å². The van der Waals surface area contributed by atoms with Crippen molar-refractivity contribution >= 4 is 23.1 Å². The zero-order valence-electron chi connectivity index (χ0n) is 12.3. The maximum Gasteiger partial charge on any atom is 0.235 e. The van der Waals surface area contributed by atoms with Crippen LogP contribution in [0, 0.1) is 5.41 Å². The van der Waals surface area contributed by atoms with Gasteiger partial charge in [-0.2, -0.15) is 0 Å². The minimum Gasteiger partial charge on any atom is -0.392 e. The highest BCUT2D eigenvalue weighted by molar-refractivity contribution is 7.80. The van der Waals surface area contributed by atoms with Crippen LogP contribution in [0.2, 0.25) is 0 Å². The van der Waals surface area contributed by atoms with E-state index in [1.807, 2.05) is 25.7 Å². The highest BCUT2D eigenvalue weighted by atomic mass is 32.1. The third-order valence-electron chi connectivity index (χ3n) is 4.21. The summed E-state index contributed by atoms with van der Waals surface area (Å²) in [6, 6.07) is 0. The Morgan fingerprint density at radius 2 is 2.05 bits per heavy atom. The fourth-order valence-electron chi connectivity index (χ4n) is 2.70. The van der Waals surface area contributed by atoms with Crippen molar-refractivity contribution < 1.29 is 9.53 Å². The number of nitrogens with two attached hydrogens (primary N) is 1. The van der Waals surface area contributed by atoms with Gasteiger partial charge in [0.2, 0.25) is 5.91 Å². The van der Waals surface area contributed by atoms with Gasteiger partial charge in [-0.25, -0.2) is 0 Å². The van der Waals surface area contributed by atoms with Gasteiger partial charge in [0.15, 0.2) is 0 Å². The van der Waals surface area contributed by atoms with Gasteiger partial charge in [-0.3, -0.25) is 4.79 Å². The number of carbonyl (C=O) groups is 1. The maximum atomic E-state index is 12.8. The van der Waals surface area contributed by atoms with Crippen LogP contribution in [0.1, 0.15) is 46.5 Å². The zero-order chi connectivity index (χ0) is 14.5. The summed E-state index contributed by atoms with van der Waals surface area (Å²) >= 11 is 5.15. The monoisotopic (exact) mass is 286 g/mol. The number of likely N-dealkylation sites (N-methyl/N-ethyl adjacent to an activating group) is 1. The number of ether oxygens (including phenoxy) is 1. The van der Waals surface area contributed by atoms with Crippen LogP contribution >= 0.6 is 12.2 Å². The summed E-state index contributed by atoms with van der Waals surface area (Å²) in [5.74, 6) is 0.0583.